The predicted octanol–water partition coefficient (Wildman–Crippen LogP) is 0.920. The Labute approximate surface area is 120 Å². The lowest BCUT2D eigenvalue weighted by molar-refractivity contribution is -0.140. The van der Waals surface area contributed by atoms with Crippen LogP contribution in [0.5, 0.6) is 11.5 Å². The summed E-state index contributed by atoms with van der Waals surface area (Å²) in [6, 6.07) is 2.65. The molecule has 0 amide bonds. The first-order chi connectivity index (χ1) is 10.1. The fraction of sp³-hybridized carbons (Fsp3) is 0.429. The van der Waals surface area contributed by atoms with Gasteiger partial charge in [0.05, 0.1) is 6.42 Å². The second-order valence-electron chi connectivity index (χ2n) is 5.03. The summed E-state index contributed by atoms with van der Waals surface area (Å²) < 4.78 is 11.2. The average molecular weight is 293 g/mol. The zero-order chi connectivity index (χ0) is 15.0. The van der Waals surface area contributed by atoms with Gasteiger partial charge in [-0.3, -0.25) is 9.59 Å². The number of benzene rings is 1. The molecule has 2 aliphatic rings. The van der Waals surface area contributed by atoms with E-state index in [2.05, 4.69) is 5.32 Å². The van der Waals surface area contributed by atoms with Gasteiger partial charge in [0.2, 0.25) is 6.29 Å². The molecule has 0 saturated carbocycles. The largest absolute Gasteiger partial charge is 0.481 e. The van der Waals surface area contributed by atoms with Crippen LogP contribution in [0.25, 0.3) is 0 Å². The number of rotatable bonds is 4. The number of carboxylic acid groups (broad SMARTS) is 2. The van der Waals surface area contributed by atoms with Gasteiger partial charge in [-0.05, 0) is 18.1 Å². The second-order valence-corrected chi connectivity index (χ2v) is 5.03. The third-order valence-electron chi connectivity index (χ3n) is 3.64. The molecule has 0 aliphatic carbocycles. The van der Waals surface area contributed by atoms with Gasteiger partial charge in [-0.1, -0.05) is 6.07 Å². The van der Waals surface area contributed by atoms with E-state index in [0.717, 1.165) is 5.56 Å². The van der Waals surface area contributed by atoms with E-state index in [0.29, 0.717) is 30.0 Å². The second kappa shape index (κ2) is 5.25. The van der Waals surface area contributed by atoms with Crippen molar-refractivity contribution >= 4 is 11.9 Å². The summed E-state index contributed by atoms with van der Waals surface area (Å²) in [6.45, 7) is 0.545. The van der Waals surface area contributed by atoms with Gasteiger partial charge in [-0.15, -0.1) is 0 Å². The maximum absolute atomic E-state index is 11.3. The lowest BCUT2D eigenvalue weighted by Crippen LogP contribution is -2.35. The number of aliphatic carboxylic acids is 2. The molecule has 1 aromatic carbocycles. The van der Waals surface area contributed by atoms with Gasteiger partial charge < -0.3 is 25.0 Å². The van der Waals surface area contributed by atoms with Gasteiger partial charge in [0.25, 0.3) is 0 Å². The van der Waals surface area contributed by atoms with E-state index in [9.17, 15) is 14.7 Å². The van der Waals surface area contributed by atoms with Crippen LogP contribution in [-0.2, 0) is 16.0 Å². The molecule has 2 atom stereocenters. The number of carbonyl (C=O) groups is 2. The molecular weight excluding hydrogens is 278 g/mol. The van der Waals surface area contributed by atoms with Gasteiger partial charge >= 0.3 is 11.9 Å². The number of ether oxygens (including phenoxy) is 2. The fourth-order valence-corrected chi connectivity index (χ4v) is 2.70. The van der Waals surface area contributed by atoms with Crippen molar-refractivity contribution in [1.29, 1.82) is 0 Å². The standard InChI is InChI=1S/C14H15NO6/c16-10(17)3-4-11-20-9-2-1-7-8(13(9)21-11)5-6-15-12(7)14(18)19/h1-2,11-12,15H,3-6H2,(H,16,17)(H,18,19). The van der Waals surface area contributed by atoms with E-state index in [-0.39, 0.29) is 12.8 Å². The molecule has 21 heavy (non-hydrogen) atoms. The van der Waals surface area contributed by atoms with Crippen molar-refractivity contribution in [2.75, 3.05) is 6.54 Å². The molecule has 0 aromatic heterocycles. The molecule has 2 unspecified atom stereocenters. The summed E-state index contributed by atoms with van der Waals surface area (Å²) >= 11 is 0. The van der Waals surface area contributed by atoms with Crippen LogP contribution in [0.15, 0.2) is 12.1 Å². The first kappa shape index (κ1) is 13.7. The molecule has 0 saturated heterocycles. The van der Waals surface area contributed by atoms with Crippen molar-refractivity contribution < 1.29 is 29.3 Å². The maximum atomic E-state index is 11.3. The number of hydrogen-bond donors (Lipinski definition) is 3. The minimum atomic E-state index is -0.933. The highest BCUT2D eigenvalue weighted by molar-refractivity contribution is 5.77. The first-order valence-corrected chi connectivity index (χ1v) is 6.73. The van der Waals surface area contributed by atoms with Crippen molar-refractivity contribution in [3.63, 3.8) is 0 Å². The molecule has 0 bridgehead atoms. The Morgan fingerprint density at radius 2 is 2.10 bits per heavy atom. The summed E-state index contributed by atoms with van der Waals surface area (Å²) in [7, 11) is 0. The fourth-order valence-electron chi connectivity index (χ4n) is 2.70. The molecule has 2 heterocycles. The van der Waals surface area contributed by atoms with Gasteiger partial charge in [-0.25, -0.2) is 0 Å². The van der Waals surface area contributed by atoms with Crippen molar-refractivity contribution in [2.24, 2.45) is 0 Å². The van der Waals surface area contributed by atoms with E-state index in [1.165, 1.54) is 0 Å². The van der Waals surface area contributed by atoms with Crippen molar-refractivity contribution in [3.05, 3.63) is 23.3 Å². The third-order valence-corrected chi connectivity index (χ3v) is 3.64. The van der Waals surface area contributed by atoms with Crippen molar-refractivity contribution in [2.45, 2.75) is 31.6 Å². The highest BCUT2D eigenvalue weighted by Gasteiger charge is 2.34. The molecule has 0 spiro atoms. The van der Waals surface area contributed by atoms with Gasteiger partial charge in [0.1, 0.15) is 6.04 Å². The van der Waals surface area contributed by atoms with E-state index in [1.807, 2.05) is 0 Å². The highest BCUT2D eigenvalue weighted by atomic mass is 16.7. The quantitative estimate of drug-likeness (QED) is 0.758. The number of fused-ring (bicyclic) bond motifs is 3. The Kier molecular flexibility index (Phi) is 3.42. The molecule has 3 rings (SSSR count). The lowest BCUT2D eigenvalue weighted by atomic mass is 9.93. The zero-order valence-electron chi connectivity index (χ0n) is 11.2. The smallest absolute Gasteiger partial charge is 0.325 e. The van der Waals surface area contributed by atoms with Crippen LogP contribution in [0.3, 0.4) is 0 Å². The normalized spacial score (nSPS) is 22.7. The number of carboxylic acids is 2. The Morgan fingerprint density at radius 3 is 2.81 bits per heavy atom. The molecule has 0 fully saturated rings. The Hall–Kier alpha value is -2.28. The van der Waals surface area contributed by atoms with Crippen molar-refractivity contribution in [1.82, 2.24) is 5.32 Å². The number of nitrogens with one attached hydrogen (secondary N) is 1. The summed E-state index contributed by atoms with van der Waals surface area (Å²) in [5.41, 5.74) is 1.51. The molecule has 7 nitrogen and oxygen atoms in total. The number of hydrogen-bond acceptors (Lipinski definition) is 5. The molecule has 2 aliphatic heterocycles. The SMILES string of the molecule is O=C(O)CCC1Oc2ccc3c(c2O1)CCNC3C(=O)O. The summed E-state index contributed by atoms with van der Waals surface area (Å²) in [5, 5.41) is 20.9. The summed E-state index contributed by atoms with van der Waals surface area (Å²) in [5.74, 6) is -0.738. The van der Waals surface area contributed by atoms with Crippen LogP contribution < -0.4 is 14.8 Å². The van der Waals surface area contributed by atoms with Crippen LogP contribution in [-0.4, -0.2) is 35.0 Å². The van der Waals surface area contributed by atoms with E-state index in [1.54, 1.807) is 12.1 Å². The van der Waals surface area contributed by atoms with Crippen LogP contribution in [0.1, 0.15) is 30.0 Å². The molecule has 7 heteroatoms. The Bertz CT molecular complexity index is 599. The molecular formula is C14H15NO6. The molecule has 1 aromatic rings. The maximum Gasteiger partial charge on any atom is 0.325 e. The Balaban J connectivity index is 1.85. The average Bonchev–Trinajstić information content (AvgIpc) is 2.87. The minimum Gasteiger partial charge on any atom is -0.481 e. The Morgan fingerprint density at radius 1 is 1.29 bits per heavy atom. The minimum absolute atomic E-state index is 0.0415. The summed E-state index contributed by atoms with van der Waals surface area (Å²) in [4.78, 5) is 21.9. The van der Waals surface area contributed by atoms with Crippen LogP contribution >= 0.6 is 0 Å². The molecule has 0 radical (unpaired) electrons. The molecule has 112 valence electrons. The van der Waals surface area contributed by atoms with Crippen LogP contribution in [0.4, 0.5) is 0 Å². The van der Waals surface area contributed by atoms with Crippen LogP contribution in [0.2, 0.25) is 0 Å². The van der Waals surface area contributed by atoms with E-state index >= 15 is 0 Å². The monoisotopic (exact) mass is 293 g/mol. The topological polar surface area (TPSA) is 105 Å². The highest BCUT2D eigenvalue weighted by Crippen LogP contribution is 2.43. The van der Waals surface area contributed by atoms with E-state index < -0.39 is 24.3 Å². The predicted molar refractivity (Wildman–Crippen MR) is 70.4 cm³/mol. The van der Waals surface area contributed by atoms with E-state index in [4.69, 9.17) is 14.6 Å². The zero-order valence-corrected chi connectivity index (χ0v) is 11.2. The lowest BCUT2D eigenvalue weighted by Gasteiger charge is -2.24. The third kappa shape index (κ3) is 2.52. The van der Waals surface area contributed by atoms with Crippen LogP contribution in [0, 0.1) is 0 Å². The summed E-state index contributed by atoms with van der Waals surface area (Å²) in [6.07, 6.45) is 0.234. The first-order valence-electron chi connectivity index (χ1n) is 6.73. The van der Waals surface area contributed by atoms with Gasteiger partial charge in [0, 0.05) is 18.5 Å². The van der Waals surface area contributed by atoms with Crippen molar-refractivity contribution in [3.8, 4) is 11.5 Å². The van der Waals surface area contributed by atoms with Gasteiger partial charge in [0.15, 0.2) is 11.5 Å². The molecule has 3 N–H and O–H groups in total. The van der Waals surface area contributed by atoms with Gasteiger partial charge in [-0.2, -0.15) is 0 Å².